The fourth-order valence-corrected chi connectivity index (χ4v) is 1.21. The average Bonchev–Trinajstić information content (AvgIpc) is 2.25. The minimum Gasteiger partial charge on any atom is -0.484 e. The Hall–Kier alpha value is -1.52. The number of Topliss-reactive ketones (excluding diaryl/α,β-unsaturated/α-hetero) is 1. The molecule has 17 heavy (non-hydrogen) atoms. The van der Waals surface area contributed by atoms with Crippen LogP contribution in [0.15, 0.2) is 24.3 Å². The molecule has 0 aliphatic rings. The van der Waals surface area contributed by atoms with Gasteiger partial charge in [0, 0.05) is 11.5 Å². The minimum atomic E-state index is -4.35. The van der Waals surface area contributed by atoms with E-state index in [2.05, 4.69) is 4.74 Å². The highest BCUT2D eigenvalue weighted by atomic mass is 19.4. The monoisotopic (exact) mass is 246 g/mol. The Bertz CT molecular complexity index is 380. The molecule has 0 saturated heterocycles. The Balaban J connectivity index is 2.66. The molecule has 1 rings (SSSR count). The summed E-state index contributed by atoms with van der Waals surface area (Å²) < 4.78 is 40.2. The normalized spacial score (nSPS) is 11.6. The second kappa shape index (κ2) is 5.21. The lowest BCUT2D eigenvalue weighted by molar-refractivity contribution is -0.153. The standard InChI is InChI=1S/C12H13F3O2/c1-8(2)11(16)9-3-5-10(6-4-9)17-7-12(13,14)15/h3-6,8H,7H2,1-2H3. The molecule has 0 spiro atoms. The second-order valence-corrected chi connectivity index (χ2v) is 3.95. The molecule has 0 heterocycles. The Morgan fingerprint density at radius 1 is 1.24 bits per heavy atom. The van der Waals surface area contributed by atoms with Gasteiger partial charge in [0.2, 0.25) is 0 Å². The predicted molar refractivity (Wildman–Crippen MR) is 57.2 cm³/mol. The van der Waals surface area contributed by atoms with Gasteiger partial charge in [-0.15, -0.1) is 0 Å². The van der Waals surface area contributed by atoms with E-state index < -0.39 is 12.8 Å². The van der Waals surface area contributed by atoms with Gasteiger partial charge in [-0.25, -0.2) is 0 Å². The van der Waals surface area contributed by atoms with Crippen LogP contribution in [0.4, 0.5) is 13.2 Å². The van der Waals surface area contributed by atoms with E-state index in [0.717, 1.165) is 0 Å². The van der Waals surface area contributed by atoms with Gasteiger partial charge in [-0.3, -0.25) is 4.79 Å². The summed E-state index contributed by atoms with van der Waals surface area (Å²) in [6, 6.07) is 5.66. The number of alkyl halides is 3. The van der Waals surface area contributed by atoms with Crippen LogP contribution in [0.1, 0.15) is 24.2 Å². The van der Waals surface area contributed by atoms with Gasteiger partial charge in [0.05, 0.1) is 0 Å². The lowest BCUT2D eigenvalue weighted by atomic mass is 10.0. The van der Waals surface area contributed by atoms with E-state index >= 15 is 0 Å². The summed E-state index contributed by atoms with van der Waals surface area (Å²) in [6.07, 6.45) is -4.35. The van der Waals surface area contributed by atoms with Gasteiger partial charge in [0.25, 0.3) is 0 Å². The summed E-state index contributed by atoms with van der Waals surface area (Å²) in [5, 5.41) is 0. The highest BCUT2D eigenvalue weighted by Gasteiger charge is 2.28. The van der Waals surface area contributed by atoms with E-state index in [1.807, 2.05) is 0 Å². The molecule has 0 N–H and O–H groups in total. The van der Waals surface area contributed by atoms with E-state index in [0.29, 0.717) is 5.56 Å². The molecule has 0 aliphatic carbocycles. The van der Waals surface area contributed by atoms with Crippen LogP contribution in [0.2, 0.25) is 0 Å². The van der Waals surface area contributed by atoms with Crippen molar-refractivity contribution in [3.63, 3.8) is 0 Å². The first-order valence-electron chi connectivity index (χ1n) is 5.13. The van der Waals surface area contributed by atoms with E-state index in [1.165, 1.54) is 24.3 Å². The Morgan fingerprint density at radius 3 is 2.18 bits per heavy atom. The Kier molecular flexibility index (Phi) is 4.15. The van der Waals surface area contributed by atoms with Gasteiger partial charge >= 0.3 is 6.18 Å². The zero-order chi connectivity index (χ0) is 13.1. The lowest BCUT2D eigenvalue weighted by Crippen LogP contribution is -2.19. The molecule has 1 aromatic rings. The lowest BCUT2D eigenvalue weighted by Gasteiger charge is -2.09. The van der Waals surface area contributed by atoms with Crippen molar-refractivity contribution >= 4 is 5.78 Å². The third-order valence-corrected chi connectivity index (χ3v) is 2.07. The van der Waals surface area contributed by atoms with Crippen LogP contribution in [-0.2, 0) is 0 Å². The molecule has 0 saturated carbocycles. The first-order valence-corrected chi connectivity index (χ1v) is 5.13. The van der Waals surface area contributed by atoms with Crippen molar-refractivity contribution in [2.24, 2.45) is 5.92 Å². The molecule has 0 fully saturated rings. The molecule has 94 valence electrons. The molecule has 2 nitrogen and oxygen atoms in total. The number of carbonyl (C=O) groups is 1. The molecule has 0 radical (unpaired) electrons. The van der Waals surface area contributed by atoms with Crippen molar-refractivity contribution in [3.8, 4) is 5.75 Å². The van der Waals surface area contributed by atoms with E-state index in [9.17, 15) is 18.0 Å². The maximum absolute atomic E-state index is 11.9. The molecular formula is C12H13F3O2. The Labute approximate surface area is 97.4 Å². The number of hydrogen-bond donors (Lipinski definition) is 0. The van der Waals surface area contributed by atoms with Crippen molar-refractivity contribution in [1.29, 1.82) is 0 Å². The van der Waals surface area contributed by atoms with Crippen LogP contribution in [0.25, 0.3) is 0 Å². The number of rotatable bonds is 4. The van der Waals surface area contributed by atoms with Crippen molar-refractivity contribution < 1.29 is 22.7 Å². The zero-order valence-corrected chi connectivity index (χ0v) is 9.54. The fraction of sp³-hybridized carbons (Fsp3) is 0.417. The van der Waals surface area contributed by atoms with Gasteiger partial charge in [-0.2, -0.15) is 13.2 Å². The summed E-state index contributed by atoms with van der Waals surface area (Å²) in [4.78, 5) is 11.6. The summed E-state index contributed by atoms with van der Waals surface area (Å²) in [5.41, 5.74) is 0.472. The largest absolute Gasteiger partial charge is 0.484 e. The van der Waals surface area contributed by atoms with Crippen molar-refractivity contribution in [2.45, 2.75) is 20.0 Å². The summed E-state index contributed by atoms with van der Waals surface area (Å²) in [7, 11) is 0. The maximum atomic E-state index is 11.9. The molecule has 0 amide bonds. The number of ether oxygens (including phenoxy) is 1. The first-order chi connectivity index (χ1) is 7.79. The molecule has 0 unspecified atom stereocenters. The Morgan fingerprint density at radius 2 is 1.76 bits per heavy atom. The van der Waals surface area contributed by atoms with Gasteiger partial charge in [-0.05, 0) is 24.3 Å². The SMILES string of the molecule is CC(C)C(=O)c1ccc(OCC(F)(F)F)cc1. The van der Waals surface area contributed by atoms with Crippen LogP contribution in [0.5, 0.6) is 5.75 Å². The van der Waals surface area contributed by atoms with Crippen LogP contribution in [0.3, 0.4) is 0 Å². The van der Waals surface area contributed by atoms with E-state index in [4.69, 9.17) is 0 Å². The van der Waals surface area contributed by atoms with Crippen molar-refractivity contribution in [1.82, 2.24) is 0 Å². The molecule has 0 atom stereocenters. The maximum Gasteiger partial charge on any atom is 0.422 e. The number of halogens is 3. The van der Waals surface area contributed by atoms with E-state index in [1.54, 1.807) is 13.8 Å². The number of carbonyl (C=O) groups excluding carboxylic acids is 1. The summed E-state index contributed by atoms with van der Waals surface area (Å²) >= 11 is 0. The highest BCUT2D eigenvalue weighted by molar-refractivity contribution is 5.97. The van der Waals surface area contributed by atoms with Crippen LogP contribution in [0, 0.1) is 5.92 Å². The molecule has 0 aliphatic heterocycles. The van der Waals surface area contributed by atoms with Crippen molar-refractivity contribution in [2.75, 3.05) is 6.61 Å². The van der Waals surface area contributed by atoms with Crippen LogP contribution >= 0.6 is 0 Å². The second-order valence-electron chi connectivity index (χ2n) is 3.95. The number of ketones is 1. The molecule has 0 aromatic heterocycles. The van der Waals surface area contributed by atoms with Gasteiger partial charge in [0.15, 0.2) is 12.4 Å². The fourth-order valence-electron chi connectivity index (χ4n) is 1.21. The third-order valence-electron chi connectivity index (χ3n) is 2.07. The van der Waals surface area contributed by atoms with Crippen LogP contribution < -0.4 is 4.74 Å². The molecule has 0 bridgehead atoms. The van der Waals surface area contributed by atoms with Gasteiger partial charge in [0.1, 0.15) is 5.75 Å². The third kappa shape index (κ3) is 4.46. The summed E-state index contributed by atoms with van der Waals surface area (Å²) in [6.45, 7) is 2.19. The van der Waals surface area contributed by atoms with E-state index in [-0.39, 0.29) is 17.5 Å². The smallest absolute Gasteiger partial charge is 0.422 e. The highest BCUT2D eigenvalue weighted by Crippen LogP contribution is 2.19. The van der Waals surface area contributed by atoms with Crippen molar-refractivity contribution in [3.05, 3.63) is 29.8 Å². The number of hydrogen-bond acceptors (Lipinski definition) is 2. The topological polar surface area (TPSA) is 26.3 Å². The average molecular weight is 246 g/mol. The van der Waals surface area contributed by atoms with Gasteiger partial charge < -0.3 is 4.74 Å². The van der Waals surface area contributed by atoms with Gasteiger partial charge in [-0.1, -0.05) is 13.8 Å². The predicted octanol–water partition coefficient (Wildman–Crippen LogP) is 3.47. The molecule has 1 aromatic carbocycles. The molecular weight excluding hydrogens is 233 g/mol. The zero-order valence-electron chi connectivity index (χ0n) is 9.54. The minimum absolute atomic E-state index is 0.0487. The summed E-state index contributed by atoms with van der Waals surface area (Å²) in [5.74, 6) is -0.0908. The first kappa shape index (κ1) is 13.5. The van der Waals surface area contributed by atoms with Crippen LogP contribution in [-0.4, -0.2) is 18.6 Å². The number of benzene rings is 1. The quantitative estimate of drug-likeness (QED) is 0.760. The molecule has 5 heteroatoms.